The predicted octanol–water partition coefficient (Wildman–Crippen LogP) is 6.55. The Balaban J connectivity index is 1.76. The van der Waals surface area contributed by atoms with Crippen LogP contribution in [-0.2, 0) is 4.74 Å². The summed E-state index contributed by atoms with van der Waals surface area (Å²) in [6.45, 7) is 1.05. The van der Waals surface area contributed by atoms with Crippen molar-refractivity contribution < 1.29 is 24.2 Å². The van der Waals surface area contributed by atoms with Crippen molar-refractivity contribution >= 4 is 58.2 Å². The molecule has 1 N–H and O–H groups in total. The molecule has 0 unspecified atom stereocenters. The number of hydrogen-bond acceptors (Lipinski definition) is 5. The van der Waals surface area contributed by atoms with Gasteiger partial charge in [0.2, 0.25) is 0 Å². The molecule has 3 aromatic rings. The summed E-state index contributed by atoms with van der Waals surface area (Å²) in [5, 5.41) is 9.90. The number of carbonyl (C=O) groups is 3. The lowest BCUT2D eigenvalue weighted by Gasteiger charge is -2.33. The molecule has 1 aliphatic rings. The van der Waals surface area contributed by atoms with Gasteiger partial charge in [-0.3, -0.25) is 4.79 Å². The van der Waals surface area contributed by atoms with Crippen LogP contribution in [-0.4, -0.2) is 54.7 Å². The molecule has 0 bridgehead atoms. The number of benzene rings is 2. The van der Waals surface area contributed by atoms with E-state index in [9.17, 15) is 19.5 Å². The van der Waals surface area contributed by atoms with Crippen molar-refractivity contribution in [1.29, 1.82) is 0 Å². The largest absolute Gasteiger partial charge is 0.465 e. The van der Waals surface area contributed by atoms with Gasteiger partial charge < -0.3 is 19.6 Å². The summed E-state index contributed by atoms with van der Waals surface area (Å²) >= 11 is 13.7. The van der Waals surface area contributed by atoms with Gasteiger partial charge in [-0.1, -0.05) is 53.5 Å². The van der Waals surface area contributed by atoms with Crippen molar-refractivity contribution in [1.82, 2.24) is 4.90 Å². The van der Waals surface area contributed by atoms with Crippen molar-refractivity contribution in [3.05, 3.63) is 75.1 Å². The van der Waals surface area contributed by atoms with Gasteiger partial charge in [-0.05, 0) is 48.6 Å². The number of likely N-dealkylation sites (tertiary alicyclic amines) is 1. The van der Waals surface area contributed by atoms with Crippen LogP contribution in [0, 0.1) is 5.92 Å². The van der Waals surface area contributed by atoms with Crippen molar-refractivity contribution in [3.8, 4) is 10.4 Å². The number of anilines is 1. The predicted molar refractivity (Wildman–Crippen MR) is 142 cm³/mol. The Hall–Kier alpha value is -3.07. The summed E-state index contributed by atoms with van der Waals surface area (Å²) in [5.74, 6) is -0.890. The summed E-state index contributed by atoms with van der Waals surface area (Å²) < 4.78 is 5.05. The van der Waals surface area contributed by atoms with Gasteiger partial charge in [-0.25, -0.2) is 9.59 Å². The second-order valence-electron chi connectivity index (χ2n) is 8.44. The highest BCUT2D eigenvalue weighted by molar-refractivity contribution is 7.18. The number of nitrogens with zero attached hydrogens (tertiary/aromatic N) is 2. The van der Waals surface area contributed by atoms with E-state index in [0.717, 1.165) is 10.4 Å². The third-order valence-corrected chi connectivity index (χ3v) is 7.87. The first-order valence-electron chi connectivity index (χ1n) is 11.3. The molecule has 2 amide bonds. The minimum Gasteiger partial charge on any atom is -0.465 e. The molecule has 0 radical (unpaired) electrons. The first kappa shape index (κ1) is 26.0. The van der Waals surface area contributed by atoms with E-state index < -0.39 is 12.1 Å². The molecule has 1 aliphatic heterocycles. The van der Waals surface area contributed by atoms with E-state index in [1.165, 1.54) is 29.4 Å². The van der Waals surface area contributed by atoms with Gasteiger partial charge in [0.25, 0.3) is 5.91 Å². The third-order valence-electron chi connectivity index (χ3n) is 6.16. The molecular formula is C26H24Cl2N2O5S. The van der Waals surface area contributed by atoms with Crippen LogP contribution in [0.2, 0.25) is 10.0 Å². The first-order chi connectivity index (χ1) is 17.3. The SMILES string of the molecule is COC(=O)c1sc(-c2ccccc2)cc1N(CC1CCN(C(=O)O)CC1)C(=O)c1ccc(Cl)cc1Cl. The van der Waals surface area contributed by atoms with Crippen molar-refractivity contribution in [2.45, 2.75) is 12.8 Å². The molecule has 1 fully saturated rings. The highest BCUT2D eigenvalue weighted by atomic mass is 35.5. The Bertz CT molecular complexity index is 1270. The van der Waals surface area contributed by atoms with Gasteiger partial charge in [0, 0.05) is 29.5 Å². The molecule has 0 aliphatic carbocycles. The number of hydrogen-bond donors (Lipinski definition) is 1. The van der Waals surface area contributed by atoms with Crippen LogP contribution in [0.1, 0.15) is 32.9 Å². The van der Waals surface area contributed by atoms with Gasteiger partial charge in [0.1, 0.15) is 4.88 Å². The van der Waals surface area contributed by atoms with E-state index in [1.54, 1.807) is 17.0 Å². The summed E-state index contributed by atoms with van der Waals surface area (Å²) in [5.41, 5.74) is 1.60. The standard InChI is InChI=1S/C26H24Cl2N2O5S/c1-35-25(32)23-21(14-22(36-23)17-5-3-2-4-6-17)30(15-16-9-11-29(12-10-16)26(33)34)24(31)19-8-7-18(27)13-20(19)28/h2-8,13-14,16H,9-12,15H2,1H3,(H,33,34). The molecule has 1 aromatic heterocycles. The quantitative estimate of drug-likeness (QED) is 0.354. The molecule has 0 spiro atoms. The molecular weight excluding hydrogens is 523 g/mol. The zero-order valence-electron chi connectivity index (χ0n) is 19.4. The topological polar surface area (TPSA) is 87.2 Å². The van der Waals surface area contributed by atoms with E-state index in [-0.39, 0.29) is 22.4 Å². The van der Waals surface area contributed by atoms with Crippen molar-refractivity contribution in [2.24, 2.45) is 5.92 Å². The molecule has 10 heteroatoms. The lowest BCUT2D eigenvalue weighted by molar-refractivity contribution is 0.0606. The average molecular weight is 547 g/mol. The van der Waals surface area contributed by atoms with Gasteiger partial charge in [-0.15, -0.1) is 11.3 Å². The fourth-order valence-corrected chi connectivity index (χ4v) is 5.80. The number of carboxylic acid groups (broad SMARTS) is 1. The fourth-order valence-electron chi connectivity index (χ4n) is 4.23. The normalized spacial score (nSPS) is 13.9. The summed E-state index contributed by atoms with van der Waals surface area (Å²) in [6, 6.07) is 16.1. The zero-order chi connectivity index (χ0) is 25.8. The number of ether oxygens (including phenoxy) is 1. The van der Waals surface area contributed by atoms with Crippen LogP contribution in [0.15, 0.2) is 54.6 Å². The second-order valence-corrected chi connectivity index (χ2v) is 10.3. The molecule has 0 atom stereocenters. The third kappa shape index (κ3) is 5.67. The molecule has 2 aromatic carbocycles. The highest BCUT2D eigenvalue weighted by Crippen LogP contribution is 2.39. The minimum atomic E-state index is -0.951. The van der Waals surface area contributed by atoms with Gasteiger partial charge >= 0.3 is 12.1 Å². The number of carbonyl (C=O) groups excluding carboxylic acids is 2. The lowest BCUT2D eigenvalue weighted by atomic mass is 9.95. The fraction of sp³-hybridized carbons (Fsp3) is 0.269. The Kier molecular flexibility index (Phi) is 8.18. The van der Waals surface area contributed by atoms with E-state index in [1.807, 2.05) is 36.4 Å². The van der Waals surface area contributed by atoms with Gasteiger partial charge in [-0.2, -0.15) is 0 Å². The summed E-state index contributed by atoms with van der Waals surface area (Å²) in [6.07, 6.45) is 0.231. The zero-order valence-corrected chi connectivity index (χ0v) is 21.8. The molecule has 1 saturated heterocycles. The van der Waals surface area contributed by atoms with Crippen LogP contribution in [0.25, 0.3) is 10.4 Å². The van der Waals surface area contributed by atoms with Crippen molar-refractivity contribution in [2.75, 3.05) is 31.6 Å². The number of methoxy groups -OCH3 is 1. The second kappa shape index (κ2) is 11.3. The number of thiophene rings is 1. The Morgan fingerprint density at radius 3 is 2.39 bits per heavy atom. The Morgan fingerprint density at radius 1 is 1.08 bits per heavy atom. The first-order valence-corrected chi connectivity index (χ1v) is 12.9. The summed E-state index contributed by atoms with van der Waals surface area (Å²) in [7, 11) is 1.30. The highest BCUT2D eigenvalue weighted by Gasteiger charge is 2.31. The molecule has 0 saturated carbocycles. The maximum Gasteiger partial charge on any atom is 0.407 e. The van der Waals surface area contributed by atoms with Crippen LogP contribution in [0.4, 0.5) is 10.5 Å². The number of esters is 1. The molecule has 4 rings (SSSR count). The van der Waals surface area contributed by atoms with Crippen LogP contribution in [0.3, 0.4) is 0 Å². The number of piperidine rings is 1. The van der Waals surface area contributed by atoms with Gasteiger partial charge in [0.05, 0.1) is 23.4 Å². The number of halogens is 2. The number of rotatable bonds is 6. The summed E-state index contributed by atoms with van der Waals surface area (Å²) in [4.78, 5) is 42.1. The Morgan fingerprint density at radius 2 is 1.78 bits per heavy atom. The molecule has 36 heavy (non-hydrogen) atoms. The minimum absolute atomic E-state index is 0.0289. The average Bonchev–Trinajstić information content (AvgIpc) is 3.32. The molecule has 7 nitrogen and oxygen atoms in total. The van der Waals surface area contributed by atoms with E-state index in [2.05, 4.69) is 0 Å². The smallest absolute Gasteiger partial charge is 0.407 e. The molecule has 188 valence electrons. The van der Waals surface area contributed by atoms with Crippen molar-refractivity contribution in [3.63, 3.8) is 0 Å². The maximum absolute atomic E-state index is 13.9. The van der Waals surface area contributed by atoms with E-state index >= 15 is 0 Å². The van der Waals surface area contributed by atoms with Crippen LogP contribution in [0.5, 0.6) is 0 Å². The van der Waals surface area contributed by atoms with Gasteiger partial charge in [0.15, 0.2) is 0 Å². The Labute approximate surface area is 222 Å². The lowest BCUT2D eigenvalue weighted by Crippen LogP contribution is -2.43. The van der Waals surface area contributed by atoms with E-state index in [0.29, 0.717) is 48.1 Å². The number of amides is 2. The monoisotopic (exact) mass is 546 g/mol. The molecule has 2 heterocycles. The van der Waals surface area contributed by atoms with Crippen LogP contribution < -0.4 is 4.90 Å². The maximum atomic E-state index is 13.9. The van der Waals surface area contributed by atoms with E-state index in [4.69, 9.17) is 27.9 Å². The van der Waals surface area contributed by atoms with Crippen LogP contribution >= 0.6 is 34.5 Å².